The Bertz CT molecular complexity index is 913. The van der Waals surface area contributed by atoms with Crippen molar-refractivity contribution in [1.29, 1.82) is 0 Å². The fourth-order valence-corrected chi connectivity index (χ4v) is 3.65. The molecule has 1 aliphatic heterocycles. The van der Waals surface area contributed by atoms with Gasteiger partial charge >= 0.3 is 0 Å². The highest BCUT2D eigenvalue weighted by Crippen LogP contribution is 2.29. The fourth-order valence-electron chi connectivity index (χ4n) is 3.48. The molecule has 2 N–H and O–H groups in total. The third kappa shape index (κ3) is 5.16. The minimum atomic E-state index is -0.501. The summed E-state index contributed by atoms with van der Waals surface area (Å²) >= 11 is 6.13. The van der Waals surface area contributed by atoms with Crippen LogP contribution in [0.15, 0.2) is 36.4 Å². The Morgan fingerprint density at radius 3 is 2.66 bits per heavy atom. The van der Waals surface area contributed by atoms with Gasteiger partial charge in [0.05, 0.1) is 50.0 Å². The molecule has 3 rings (SSSR count). The molecular formula is C20H24ClN4O4+. The third-order valence-corrected chi connectivity index (χ3v) is 5.30. The molecule has 2 aromatic rings. The number of non-ortho nitro benzene ring substituents is 1. The van der Waals surface area contributed by atoms with E-state index >= 15 is 0 Å². The molecule has 1 amide bonds. The second kappa shape index (κ2) is 9.11. The summed E-state index contributed by atoms with van der Waals surface area (Å²) in [7, 11) is 1.41. The van der Waals surface area contributed by atoms with Crippen molar-refractivity contribution in [1.82, 2.24) is 0 Å². The van der Waals surface area contributed by atoms with Gasteiger partial charge in [-0.15, -0.1) is 0 Å². The van der Waals surface area contributed by atoms with Crippen molar-refractivity contribution in [3.63, 3.8) is 0 Å². The Morgan fingerprint density at radius 2 is 2.00 bits per heavy atom. The second-order valence-electron chi connectivity index (χ2n) is 7.03. The van der Waals surface area contributed by atoms with Gasteiger partial charge in [0.25, 0.3) is 11.6 Å². The van der Waals surface area contributed by atoms with Gasteiger partial charge in [0, 0.05) is 16.8 Å². The first-order chi connectivity index (χ1) is 13.9. The van der Waals surface area contributed by atoms with E-state index in [4.69, 9.17) is 16.3 Å². The lowest BCUT2D eigenvalue weighted by molar-refractivity contribution is -0.892. The van der Waals surface area contributed by atoms with Crippen LogP contribution in [-0.2, 0) is 4.79 Å². The molecule has 0 bridgehead atoms. The van der Waals surface area contributed by atoms with E-state index in [9.17, 15) is 14.9 Å². The first kappa shape index (κ1) is 20.9. The lowest BCUT2D eigenvalue weighted by Crippen LogP contribution is -3.15. The SMILES string of the molecule is COc1cc([N+](=O)[O-])ccc1NC(=O)C[NH+]1CCN(c2cc(Cl)ccc2C)CC1. The van der Waals surface area contributed by atoms with Crippen molar-refractivity contribution in [3.05, 3.63) is 57.1 Å². The van der Waals surface area contributed by atoms with E-state index in [0.29, 0.717) is 12.2 Å². The first-order valence-corrected chi connectivity index (χ1v) is 9.72. The molecule has 0 spiro atoms. The summed E-state index contributed by atoms with van der Waals surface area (Å²) in [5, 5.41) is 14.4. The Morgan fingerprint density at radius 1 is 1.28 bits per heavy atom. The number of benzene rings is 2. The third-order valence-electron chi connectivity index (χ3n) is 5.06. The van der Waals surface area contributed by atoms with Crippen LogP contribution in [-0.4, -0.2) is 50.7 Å². The molecule has 9 heteroatoms. The topological polar surface area (TPSA) is 89.1 Å². The van der Waals surface area contributed by atoms with Gasteiger partial charge in [-0.1, -0.05) is 17.7 Å². The molecule has 1 aliphatic rings. The number of amides is 1. The number of aryl methyl sites for hydroxylation is 1. The number of nitro benzene ring substituents is 1. The highest BCUT2D eigenvalue weighted by Gasteiger charge is 2.24. The van der Waals surface area contributed by atoms with Gasteiger partial charge < -0.3 is 19.9 Å². The lowest BCUT2D eigenvalue weighted by Gasteiger charge is -2.34. The molecule has 1 saturated heterocycles. The Labute approximate surface area is 174 Å². The maximum Gasteiger partial charge on any atom is 0.279 e. The number of hydrogen-bond acceptors (Lipinski definition) is 5. The Balaban J connectivity index is 1.56. The number of piperazine rings is 1. The standard InChI is InChI=1S/C20H23ClN4O4/c1-14-3-4-15(21)11-18(14)24-9-7-23(8-10-24)13-20(26)22-17-6-5-16(25(27)28)12-19(17)29-2/h3-6,11-12H,7-10,13H2,1-2H3,(H,22,26)/p+1. The molecule has 0 radical (unpaired) electrons. The van der Waals surface area contributed by atoms with Crippen molar-refractivity contribution in [3.8, 4) is 5.75 Å². The summed E-state index contributed by atoms with van der Waals surface area (Å²) in [5.41, 5.74) is 2.66. The highest BCUT2D eigenvalue weighted by molar-refractivity contribution is 6.30. The summed E-state index contributed by atoms with van der Waals surface area (Å²) in [4.78, 5) is 26.3. The van der Waals surface area contributed by atoms with E-state index in [0.717, 1.165) is 36.9 Å². The van der Waals surface area contributed by atoms with Crippen LogP contribution >= 0.6 is 11.6 Å². The number of anilines is 2. The molecule has 0 atom stereocenters. The zero-order valence-electron chi connectivity index (χ0n) is 16.4. The van der Waals surface area contributed by atoms with Gasteiger partial charge in [0.2, 0.25) is 0 Å². The maximum absolute atomic E-state index is 12.5. The van der Waals surface area contributed by atoms with Gasteiger partial charge in [-0.3, -0.25) is 14.9 Å². The van der Waals surface area contributed by atoms with E-state index in [1.807, 2.05) is 18.2 Å². The number of nitrogens with zero attached hydrogens (tertiary/aromatic N) is 2. The predicted molar refractivity (Wildman–Crippen MR) is 112 cm³/mol. The van der Waals surface area contributed by atoms with Crippen LogP contribution in [0.2, 0.25) is 5.02 Å². The quantitative estimate of drug-likeness (QED) is 0.551. The molecule has 0 aliphatic carbocycles. The number of nitro groups is 1. The average molecular weight is 420 g/mol. The van der Waals surface area contributed by atoms with Crippen LogP contribution in [0.25, 0.3) is 0 Å². The summed E-state index contributed by atoms with van der Waals surface area (Å²) < 4.78 is 5.17. The monoisotopic (exact) mass is 419 g/mol. The predicted octanol–water partition coefficient (Wildman–Crippen LogP) is 1.91. The van der Waals surface area contributed by atoms with E-state index in [-0.39, 0.29) is 17.3 Å². The molecule has 1 fully saturated rings. The van der Waals surface area contributed by atoms with Gasteiger partial charge in [-0.25, -0.2) is 0 Å². The summed E-state index contributed by atoms with van der Waals surface area (Å²) in [5.74, 6) is 0.114. The lowest BCUT2D eigenvalue weighted by atomic mass is 10.1. The average Bonchev–Trinajstić information content (AvgIpc) is 2.70. The zero-order valence-corrected chi connectivity index (χ0v) is 17.2. The second-order valence-corrected chi connectivity index (χ2v) is 7.47. The van der Waals surface area contributed by atoms with Crippen molar-refractivity contribution < 1.29 is 19.4 Å². The van der Waals surface area contributed by atoms with Crippen LogP contribution in [0, 0.1) is 17.0 Å². The van der Waals surface area contributed by atoms with Crippen molar-refractivity contribution in [2.24, 2.45) is 0 Å². The van der Waals surface area contributed by atoms with Crippen LogP contribution < -0.4 is 19.9 Å². The normalized spacial score (nSPS) is 14.5. The Hall–Kier alpha value is -2.84. The smallest absolute Gasteiger partial charge is 0.279 e. The zero-order chi connectivity index (χ0) is 21.0. The minimum absolute atomic E-state index is 0.0853. The Kier molecular flexibility index (Phi) is 6.56. The summed E-state index contributed by atoms with van der Waals surface area (Å²) in [6.45, 7) is 5.72. The number of nitrogens with one attached hydrogen (secondary N) is 2. The number of quaternary nitrogens is 1. The molecule has 8 nitrogen and oxygen atoms in total. The summed E-state index contributed by atoms with van der Waals surface area (Å²) in [6.07, 6.45) is 0. The van der Waals surface area contributed by atoms with E-state index in [1.165, 1.54) is 35.8 Å². The number of rotatable bonds is 6. The largest absolute Gasteiger partial charge is 0.494 e. The van der Waals surface area contributed by atoms with Crippen LogP contribution in [0.4, 0.5) is 17.1 Å². The number of ether oxygens (including phenoxy) is 1. The highest BCUT2D eigenvalue weighted by atomic mass is 35.5. The van der Waals surface area contributed by atoms with Crippen LogP contribution in [0.3, 0.4) is 0 Å². The number of methoxy groups -OCH3 is 1. The van der Waals surface area contributed by atoms with Crippen molar-refractivity contribution in [2.45, 2.75) is 6.92 Å². The van der Waals surface area contributed by atoms with Crippen LogP contribution in [0.1, 0.15) is 5.56 Å². The molecule has 0 saturated carbocycles. The first-order valence-electron chi connectivity index (χ1n) is 9.34. The van der Waals surface area contributed by atoms with Gasteiger partial charge in [0.1, 0.15) is 5.75 Å². The molecule has 1 heterocycles. The molecule has 2 aromatic carbocycles. The number of hydrogen-bond donors (Lipinski definition) is 2. The van der Waals surface area contributed by atoms with Crippen LogP contribution in [0.5, 0.6) is 5.75 Å². The molecule has 29 heavy (non-hydrogen) atoms. The number of halogens is 1. The molecular weight excluding hydrogens is 396 g/mol. The summed E-state index contributed by atoms with van der Waals surface area (Å²) in [6, 6.07) is 10.0. The fraction of sp³-hybridized carbons (Fsp3) is 0.350. The van der Waals surface area contributed by atoms with Gasteiger partial charge in [0.15, 0.2) is 6.54 Å². The minimum Gasteiger partial charge on any atom is -0.494 e. The van der Waals surface area contributed by atoms with Gasteiger partial charge in [-0.2, -0.15) is 0 Å². The van der Waals surface area contributed by atoms with Crippen molar-refractivity contribution in [2.75, 3.05) is 50.1 Å². The number of carbonyl (C=O) groups is 1. The molecule has 0 aromatic heterocycles. The van der Waals surface area contributed by atoms with Gasteiger partial charge in [-0.05, 0) is 30.7 Å². The maximum atomic E-state index is 12.5. The molecule has 0 unspecified atom stereocenters. The molecule has 154 valence electrons. The van der Waals surface area contributed by atoms with Crippen molar-refractivity contribution >= 4 is 34.6 Å². The number of carbonyl (C=O) groups excluding carboxylic acids is 1. The van der Waals surface area contributed by atoms with E-state index in [2.05, 4.69) is 17.1 Å². The van der Waals surface area contributed by atoms with E-state index < -0.39 is 4.92 Å². The van der Waals surface area contributed by atoms with E-state index in [1.54, 1.807) is 0 Å².